The van der Waals surface area contributed by atoms with E-state index in [0.29, 0.717) is 6.04 Å². The molecule has 1 amide bonds. The molecule has 0 saturated carbocycles. The number of hydrogen-bond donors (Lipinski definition) is 1. The Morgan fingerprint density at radius 2 is 2.05 bits per heavy atom. The van der Waals surface area contributed by atoms with Gasteiger partial charge in [-0.05, 0) is 39.7 Å². The van der Waals surface area contributed by atoms with Gasteiger partial charge in [-0.3, -0.25) is 14.5 Å². The van der Waals surface area contributed by atoms with Crippen LogP contribution in [-0.4, -0.2) is 59.0 Å². The lowest BCUT2D eigenvalue weighted by atomic mass is 10.00. The summed E-state index contributed by atoms with van der Waals surface area (Å²) < 4.78 is 0. The van der Waals surface area contributed by atoms with Gasteiger partial charge in [0.1, 0.15) is 6.04 Å². The summed E-state index contributed by atoms with van der Waals surface area (Å²) in [5.74, 6) is -0.840. The predicted molar refractivity (Wildman–Crippen MR) is 76.6 cm³/mol. The van der Waals surface area contributed by atoms with Gasteiger partial charge in [-0.15, -0.1) is 12.4 Å². The zero-order chi connectivity index (χ0) is 13.7. The van der Waals surface area contributed by atoms with E-state index in [0.717, 1.165) is 25.8 Å². The Morgan fingerprint density at radius 1 is 1.42 bits per heavy atom. The molecule has 2 atom stereocenters. The highest BCUT2D eigenvalue weighted by atomic mass is 35.5. The van der Waals surface area contributed by atoms with Gasteiger partial charge < -0.3 is 10.0 Å². The zero-order valence-electron chi connectivity index (χ0n) is 12.0. The van der Waals surface area contributed by atoms with Crippen LogP contribution in [-0.2, 0) is 9.59 Å². The molecule has 1 aliphatic heterocycles. The highest BCUT2D eigenvalue weighted by molar-refractivity contribution is 5.85. The van der Waals surface area contributed by atoms with Gasteiger partial charge in [0, 0.05) is 12.6 Å². The van der Waals surface area contributed by atoms with E-state index >= 15 is 0 Å². The first-order chi connectivity index (χ1) is 8.47. The van der Waals surface area contributed by atoms with Crippen LogP contribution >= 0.6 is 12.4 Å². The third-order valence-electron chi connectivity index (χ3n) is 3.82. The van der Waals surface area contributed by atoms with Crippen molar-refractivity contribution in [2.45, 2.75) is 51.6 Å². The van der Waals surface area contributed by atoms with Gasteiger partial charge in [0.15, 0.2) is 0 Å². The first-order valence-corrected chi connectivity index (χ1v) is 6.69. The van der Waals surface area contributed by atoms with Crippen LogP contribution in [0.2, 0.25) is 0 Å². The van der Waals surface area contributed by atoms with Crippen molar-refractivity contribution in [2.24, 2.45) is 0 Å². The number of amides is 1. The summed E-state index contributed by atoms with van der Waals surface area (Å²) in [7, 11) is 1.68. The van der Waals surface area contributed by atoms with Gasteiger partial charge in [-0.25, -0.2) is 0 Å². The smallest absolute Gasteiger partial charge is 0.320 e. The lowest BCUT2D eigenvalue weighted by Gasteiger charge is -2.36. The van der Waals surface area contributed by atoms with Crippen LogP contribution in [0.4, 0.5) is 0 Å². The van der Waals surface area contributed by atoms with Gasteiger partial charge in [0.05, 0.1) is 6.54 Å². The highest BCUT2D eigenvalue weighted by Gasteiger charge is 2.27. The number of likely N-dealkylation sites (N-methyl/N-ethyl adjacent to an activating group) is 1. The fraction of sp³-hybridized carbons (Fsp3) is 0.846. The average molecular weight is 293 g/mol. The van der Waals surface area contributed by atoms with Crippen molar-refractivity contribution in [3.05, 3.63) is 0 Å². The third kappa shape index (κ3) is 4.99. The molecule has 6 heteroatoms. The molecule has 5 nitrogen and oxygen atoms in total. The summed E-state index contributed by atoms with van der Waals surface area (Å²) in [5, 5.41) is 8.91. The SMILES string of the molecule is CCC1CCCCN1C(=O)CN(C)C(C)C(=O)O.Cl. The summed E-state index contributed by atoms with van der Waals surface area (Å²) >= 11 is 0. The Hall–Kier alpha value is -0.810. The van der Waals surface area contributed by atoms with Gasteiger partial charge in [-0.1, -0.05) is 6.92 Å². The van der Waals surface area contributed by atoms with Gasteiger partial charge >= 0.3 is 5.97 Å². The number of rotatable bonds is 5. The van der Waals surface area contributed by atoms with Crippen molar-refractivity contribution in [3.8, 4) is 0 Å². The number of carboxylic acids is 1. The van der Waals surface area contributed by atoms with Crippen molar-refractivity contribution >= 4 is 24.3 Å². The molecule has 0 aliphatic carbocycles. The summed E-state index contributed by atoms with van der Waals surface area (Å²) in [4.78, 5) is 26.6. The molecule has 0 radical (unpaired) electrons. The Balaban J connectivity index is 0.00000324. The molecule has 0 aromatic rings. The highest BCUT2D eigenvalue weighted by Crippen LogP contribution is 2.19. The molecular formula is C13H25ClN2O3. The number of aliphatic carboxylic acids is 1. The molecule has 2 unspecified atom stereocenters. The number of hydrogen-bond acceptors (Lipinski definition) is 3. The van der Waals surface area contributed by atoms with E-state index in [2.05, 4.69) is 6.92 Å². The standard InChI is InChI=1S/C13H24N2O3.ClH/c1-4-11-7-5-6-8-15(11)12(16)9-14(3)10(2)13(17)18;/h10-11H,4-9H2,1-3H3,(H,17,18);1H. The van der Waals surface area contributed by atoms with Crippen LogP contribution in [0.1, 0.15) is 39.5 Å². The maximum Gasteiger partial charge on any atom is 0.320 e. The molecule has 112 valence electrons. The minimum absolute atomic E-state index is 0. The minimum atomic E-state index is -0.893. The molecule has 1 N–H and O–H groups in total. The Kier molecular flexibility index (Phi) is 8.02. The molecule has 19 heavy (non-hydrogen) atoms. The Bertz CT molecular complexity index is 312. The summed E-state index contributed by atoms with van der Waals surface area (Å²) in [6, 6.07) is -0.293. The monoisotopic (exact) mass is 292 g/mol. The molecule has 1 aliphatic rings. The lowest BCUT2D eigenvalue weighted by molar-refractivity contribution is -0.144. The van der Waals surface area contributed by atoms with Crippen LogP contribution in [0.25, 0.3) is 0 Å². The van der Waals surface area contributed by atoms with Crippen LogP contribution in [0.15, 0.2) is 0 Å². The van der Waals surface area contributed by atoms with Crippen molar-refractivity contribution in [1.29, 1.82) is 0 Å². The first-order valence-electron chi connectivity index (χ1n) is 6.69. The second-order valence-electron chi connectivity index (χ2n) is 5.07. The van der Waals surface area contributed by atoms with Crippen molar-refractivity contribution in [1.82, 2.24) is 9.80 Å². The van der Waals surface area contributed by atoms with E-state index in [-0.39, 0.29) is 24.9 Å². The summed E-state index contributed by atoms with van der Waals surface area (Å²) in [5.41, 5.74) is 0. The van der Waals surface area contributed by atoms with Crippen LogP contribution < -0.4 is 0 Å². The number of likely N-dealkylation sites (tertiary alicyclic amines) is 1. The predicted octanol–water partition coefficient (Wildman–Crippen LogP) is 1.60. The molecule has 1 heterocycles. The molecule has 1 fully saturated rings. The second-order valence-corrected chi connectivity index (χ2v) is 5.07. The molecule has 0 spiro atoms. The number of nitrogens with zero attached hydrogens (tertiary/aromatic N) is 2. The molecule has 0 bridgehead atoms. The van der Waals surface area contributed by atoms with E-state index in [1.165, 1.54) is 6.42 Å². The van der Waals surface area contributed by atoms with E-state index in [1.54, 1.807) is 18.9 Å². The number of halogens is 1. The molecule has 1 saturated heterocycles. The molecule has 1 rings (SSSR count). The fourth-order valence-electron chi connectivity index (χ4n) is 2.38. The Labute approximate surface area is 121 Å². The Morgan fingerprint density at radius 3 is 2.58 bits per heavy atom. The maximum atomic E-state index is 12.2. The average Bonchev–Trinajstić information content (AvgIpc) is 2.37. The fourth-order valence-corrected chi connectivity index (χ4v) is 2.38. The molecule has 0 aromatic carbocycles. The van der Waals surface area contributed by atoms with Gasteiger partial charge in [0.25, 0.3) is 0 Å². The quantitative estimate of drug-likeness (QED) is 0.836. The second kappa shape index (κ2) is 8.38. The third-order valence-corrected chi connectivity index (χ3v) is 3.82. The first kappa shape index (κ1) is 18.2. The van der Waals surface area contributed by atoms with E-state index in [1.807, 2.05) is 4.90 Å². The van der Waals surface area contributed by atoms with Gasteiger partial charge in [-0.2, -0.15) is 0 Å². The summed E-state index contributed by atoms with van der Waals surface area (Å²) in [6.07, 6.45) is 4.29. The minimum Gasteiger partial charge on any atom is -0.480 e. The maximum absolute atomic E-state index is 12.2. The normalized spacial score (nSPS) is 20.8. The topological polar surface area (TPSA) is 60.9 Å². The number of piperidine rings is 1. The number of carbonyl (C=O) groups excluding carboxylic acids is 1. The van der Waals surface area contributed by atoms with E-state index in [4.69, 9.17) is 5.11 Å². The van der Waals surface area contributed by atoms with Crippen LogP contribution in [0.5, 0.6) is 0 Å². The van der Waals surface area contributed by atoms with Crippen molar-refractivity contribution in [2.75, 3.05) is 20.1 Å². The number of carboxylic acid groups (broad SMARTS) is 1. The van der Waals surface area contributed by atoms with Crippen molar-refractivity contribution in [3.63, 3.8) is 0 Å². The molecular weight excluding hydrogens is 268 g/mol. The molecule has 0 aromatic heterocycles. The number of carbonyl (C=O) groups is 2. The van der Waals surface area contributed by atoms with Crippen molar-refractivity contribution < 1.29 is 14.7 Å². The van der Waals surface area contributed by atoms with E-state index in [9.17, 15) is 9.59 Å². The lowest BCUT2D eigenvalue weighted by Crippen LogP contribution is -2.49. The van der Waals surface area contributed by atoms with Crippen LogP contribution in [0, 0.1) is 0 Å². The van der Waals surface area contributed by atoms with Gasteiger partial charge in [0.2, 0.25) is 5.91 Å². The zero-order valence-corrected chi connectivity index (χ0v) is 12.8. The van der Waals surface area contributed by atoms with E-state index < -0.39 is 12.0 Å². The largest absolute Gasteiger partial charge is 0.480 e. The summed E-state index contributed by atoms with van der Waals surface area (Å²) in [6.45, 7) is 4.69. The van der Waals surface area contributed by atoms with Crippen LogP contribution in [0.3, 0.4) is 0 Å².